The van der Waals surface area contributed by atoms with Crippen molar-refractivity contribution < 1.29 is 14.6 Å². The van der Waals surface area contributed by atoms with Crippen LogP contribution in [0.25, 0.3) is 10.8 Å². The lowest BCUT2D eigenvalue weighted by Crippen LogP contribution is -2.10. The van der Waals surface area contributed by atoms with E-state index in [1.165, 1.54) is 0 Å². The smallest absolute Gasteiger partial charge is 0.308 e. The number of fused-ring (bicyclic) bond motifs is 1. The SMILES string of the molecule is CCOC(=O)CC(O)c1ccc(Br)c2ccccc12. The summed E-state index contributed by atoms with van der Waals surface area (Å²) in [6.45, 7) is 2.08. The molecule has 0 fully saturated rings. The molecule has 0 amide bonds. The van der Waals surface area contributed by atoms with Gasteiger partial charge in [-0.2, -0.15) is 0 Å². The molecule has 0 heterocycles. The number of aliphatic hydroxyl groups is 1. The maximum atomic E-state index is 11.4. The fraction of sp³-hybridized carbons (Fsp3) is 0.267. The first-order chi connectivity index (χ1) is 9.13. The van der Waals surface area contributed by atoms with Crippen molar-refractivity contribution in [2.45, 2.75) is 19.4 Å². The number of aliphatic hydroxyl groups excluding tert-OH is 1. The molecule has 0 aromatic heterocycles. The Bertz CT molecular complexity index is 595. The third-order valence-electron chi connectivity index (χ3n) is 2.93. The Kier molecular flexibility index (Phi) is 4.56. The molecule has 4 heteroatoms. The van der Waals surface area contributed by atoms with Gasteiger partial charge in [0, 0.05) is 4.47 Å². The van der Waals surface area contributed by atoms with Gasteiger partial charge in [0.1, 0.15) is 0 Å². The second kappa shape index (κ2) is 6.17. The zero-order valence-corrected chi connectivity index (χ0v) is 12.2. The van der Waals surface area contributed by atoms with Gasteiger partial charge in [0.15, 0.2) is 0 Å². The summed E-state index contributed by atoms with van der Waals surface area (Å²) in [6.07, 6.45) is -0.878. The molecule has 0 aliphatic heterocycles. The topological polar surface area (TPSA) is 46.5 Å². The molecule has 19 heavy (non-hydrogen) atoms. The molecule has 100 valence electrons. The van der Waals surface area contributed by atoms with Crippen LogP contribution in [0, 0.1) is 0 Å². The van der Waals surface area contributed by atoms with Crippen LogP contribution in [0.5, 0.6) is 0 Å². The normalized spacial score (nSPS) is 12.4. The third kappa shape index (κ3) is 3.14. The average Bonchev–Trinajstić information content (AvgIpc) is 2.39. The maximum absolute atomic E-state index is 11.4. The average molecular weight is 323 g/mol. The number of hydrogen-bond donors (Lipinski definition) is 1. The summed E-state index contributed by atoms with van der Waals surface area (Å²) in [5.41, 5.74) is 0.742. The fourth-order valence-corrected chi connectivity index (χ4v) is 2.54. The highest BCUT2D eigenvalue weighted by Crippen LogP contribution is 2.31. The Labute approximate surface area is 120 Å². The minimum absolute atomic E-state index is 0.0283. The van der Waals surface area contributed by atoms with E-state index in [0.717, 1.165) is 20.8 Å². The lowest BCUT2D eigenvalue weighted by atomic mass is 9.99. The van der Waals surface area contributed by atoms with E-state index in [1.807, 2.05) is 36.4 Å². The lowest BCUT2D eigenvalue weighted by Gasteiger charge is -2.14. The molecule has 0 spiro atoms. The van der Waals surface area contributed by atoms with Crippen LogP contribution in [0.4, 0.5) is 0 Å². The highest BCUT2D eigenvalue weighted by Gasteiger charge is 2.16. The Hall–Kier alpha value is -1.39. The van der Waals surface area contributed by atoms with Crippen LogP contribution in [0.3, 0.4) is 0 Å². The van der Waals surface area contributed by atoms with Gasteiger partial charge in [0.05, 0.1) is 19.1 Å². The molecule has 2 aromatic carbocycles. The van der Waals surface area contributed by atoms with Crippen molar-refractivity contribution in [3.05, 3.63) is 46.4 Å². The molecule has 1 N–H and O–H groups in total. The van der Waals surface area contributed by atoms with Crippen LogP contribution in [0.2, 0.25) is 0 Å². The van der Waals surface area contributed by atoms with Crippen LogP contribution in [0.15, 0.2) is 40.9 Å². The van der Waals surface area contributed by atoms with E-state index < -0.39 is 6.10 Å². The van der Waals surface area contributed by atoms with E-state index in [9.17, 15) is 9.90 Å². The highest BCUT2D eigenvalue weighted by atomic mass is 79.9. The molecule has 0 saturated heterocycles. The molecule has 2 rings (SSSR count). The summed E-state index contributed by atoms with van der Waals surface area (Å²) in [5.74, 6) is -0.387. The van der Waals surface area contributed by atoms with E-state index in [4.69, 9.17) is 4.74 Å². The van der Waals surface area contributed by atoms with Gasteiger partial charge in [0.25, 0.3) is 0 Å². The summed E-state index contributed by atoms with van der Waals surface area (Å²) < 4.78 is 5.83. The van der Waals surface area contributed by atoms with E-state index >= 15 is 0 Å². The van der Waals surface area contributed by atoms with Crippen molar-refractivity contribution in [1.29, 1.82) is 0 Å². The van der Waals surface area contributed by atoms with Crippen LogP contribution >= 0.6 is 15.9 Å². The van der Waals surface area contributed by atoms with E-state index in [-0.39, 0.29) is 12.4 Å². The van der Waals surface area contributed by atoms with Gasteiger partial charge in [-0.15, -0.1) is 0 Å². The first-order valence-electron chi connectivity index (χ1n) is 6.14. The Morgan fingerprint density at radius 2 is 1.95 bits per heavy atom. The van der Waals surface area contributed by atoms with E-state index in [1.54, 1.807) is 6.92 Å². The quantitative estimate of drug-likeness (QED) is 0.875. The van der Waals surface area contributed by atoms with Gasteiger partial charge >= 0.3 is 5.97 Å². The predicted octanol–water partition coefficient (Wildman–Crippen LogP) is 3.59. The van der Waals surface area contributed by atoms with Gasteiger partial charge in [-0.3, -0.25) is 4.79 Å². The van der Waals surface area contributed by atoms with E-state index in [0.29, 0.717) is 6.61 Å². The molecule has 0 saturated carbocycles. The van der Waals surface area contributed by atoms with Crippen molar-refractivity contribution in [3.8, 4) is 0 Å². The molecule has 0 aliphatic rings. The minimum atomic E-state index is -0.850. The molecular formula is C15H15BrO3. The highest BCUT2D eigenvalue weighted by molar-refractivity contribution is 9.10. The number of esters is 1. The second-order valence-corrected chi connectivity index (χ2v) is 5.06. The standard InChI is InChI=1S/C15H15BrO3/c1-2-19-15(18)9-14(17)12-7-8-13(16)11-6-4-3-5-10(11)12/h3-8,14,17H,2,9H2,1H3. The van der Waals surface area contributed by atoms with Crippen molar-refractivity contribution in [2.75, 3.05) is 6.61 Å². The summed E-state index contributed by atoms with van der Waals surface area (Å²) in [4.78, 5) is 11.4. The molecule has 0 aliphatic carbocycles. The van der Waals surface area contributed by atoms with Gasteiger partial charge < -0.3 is 9.84 Å². The second-order valence-electron chi connectivity index (χ2n) is 4.21. The molecule has 2 aromatic rings. The first-order valence-corrected chi connectivity index (χ1v) is 6.93. The number of hydrogen-bond acceptors (Lipinski definition) is 3. The first kappa shape index (κ1) is 14.0. The summed E-state index contributed by atoms with van der Waals surface area (Å²) in [5, 5.41) is 12.1. The van der Waals surface area contributed by atoms with Crippen molar-refractivity contribution in [2.24, 2.45) is 0 Å². The van der Waals surface area contributed by atoms with Gasteiger partial charge in [-0.25, -0.2) is 0 Å². The minimum Gasteiger partial charge on any atom is -0.466 e. The van der Waals surface area contributed by atoms with Crippen LogP contribution in [0.1, 0.15) is 25.0 Å². The molecule has 0 radical (unpaired) electrons. The Morgan fingerprint density at radius 3 is 2.63 bits per heavy atom. The lowest BCUT2D eigenvalue weighted by molar-refractivity contribution is -0.145. The summed E-state index contributed by atoms with van der Waals surface area (Å²) in [6, 6.07) is 11.5. The molecule has 1 unspecified atom stereocenters. The Balaban J connectivity index is 2.35. The number of ether oxygens (including phenoxy) is 1. The number of rotatable bonds is 4. The van der Waals surface area contributed by atoms with Crippen LogP contribution in [-0.4, -0.2) is 17.7 Å². The van der Waals surface area contributed by atoms with Crippen molar-refractivity contribution in [3.63, 3.8) is 0 Å². The largest absolute Gasteiger partial charge is 0.466 e. The van der Waals surface area contributed by atoms with E-state index in [2.05, 4.69) is 15.9 Å². The third-order valence-corrected chi connectivity index (χ3v) is 3.62. The zero-order valence-electron chi connectivity index (χ0n) is 10.6. The van der Waals surface area contributed by atoms with Gasteiger partial charge in [-0.05, 0) is 29.3 Å². The van der Waals surface area contributed by atoms with Crippen molar-refractivity contribution >= 4 is 32.7 Å². The molecule has 0 bridgehead atoms. The number of carbonyl (C=O) groups is 1. The molecule has 3 nitrogen and oxygen atoms in total. The maximum Gasteiger partial charge on any atom is 0.308 e. The number of benzene rings is 2. The number of carbonyl (C=O) groups excluding carboxylic acids is 1. The monoisotopic (exact) mass is 322 g/mol. The molecular weight excluding hydrogens is 308 g/mol. The van der Waals surface area contributed by atoms with Crippen molar-refractivity contribution in [1.82, 2.24) is 0 Å². The molecule has 1 atom stereocenters. The fourth-order valence-electron chi connectivity index (χ4n) is 2.06. The zero-order chi connectivity index (χ0) is 13.8. The Morgan fingerprint density at radius 1 is 1.26 bits per heavy atom. The summed E-state index contributed by atoms with van der Waals surface area (Å²) >= 11 is 3.48. The van der Waals surface area contributed by atoms with Gasteiger partial charge in [-0.1, -0.05) is 46.3 Å². The van der Waals surface area contributed by atoms with Gasteiger partial charge in [0.2, 0.25) is 0 Å². The summed E-state index contributed by atoms with van der Waals surface area (Å²) in [7, 11) is 0. The van der Waals surface area contributed by atoms with Crippen LogP contribution in [-0.2, 0) is 9.53 Å². The number of halogens is 1. The predicted molar refractivity (Wildman–Crippen MR) is 77.9 cm³/mol. The van der Waals surface area contributed by atoms with Crippen LogP contribution < -0.4 is 0 Å².